The molecule has 0 saturated carbocycles. The van der Waals surface area contributed by atoms with Crippen LogP contribution in [0.2, 0.25) is 5.02 Å². The van der Waals surface area contributed by atoms with Crippen molar-refractivity contribution in [3.63, 3.8) is 0 Å². The van der Waals surface area contributed by atoms with Crippen LogP contribution in [-0.2, 0) is 6.54 Å². The lowest BCUT2D eigenvalue weighted by Gasteiger charge is -2.14. The number of hydrogen-bond acceptors (Lipinski definition) is 1. The van der Waals surface area contributed by atoms with Gasteiger partial charge in [0.2, 0.25) is 0 Å². The van der Waals surface area contributed by atoms with Gasteiger partial charge in [0.05, 0.1) is 25.4 Å². The first-order chi connectivity index (χ1) is 10.6. The molecule has 0 atom stereocenters. The number of aromatic nitrogens is 1. The van der Waals surface area contributed by atoms with E-state index in [1.807, 2.05) is 50.5 Å². The van der Waals surface area contributed by atoms with Gasteiger partial charge in [0.1, 0.15) is 6.54 Å². The molecule has 0 fully saturated rings. The zero-order valence-electron chi connectivity index (χ0n) is 12.6. The van der Waals surface area contributed by atoms with Gasteiger partial charge in [0.15, 0.2) is 5.43 Å². The summed E-state index contributed by atoms with van der Waals surface area (Å²) in [5, 5.41) is 1.22. The van der Waals surface area contributed by atoms with Gasteiger partial charge in [0, 0.05) is 15.9 Å². The maximum Gasteiger partial charge on any atom is 0.198 e. The van der Waals surface area contributed by atoms with E-state index >= 15 is 0 Å². The van der Waals surface area contributed by atoms with Crippen LogP contribution in [-0.4, -0.2) is 19.1 Å². The van der Waals surface area contributed by atoms with E-state index in [-0.39, 0.29) is 5.43 Å². The molecule has 1 heterocycles. The second-order valence-corrected chi connectivity index (χ2v) is 6.18. The van der Waals surface area contributed by atoms with Crippen LogP contribution >= 0.6 is 11.6 Å². The Kier molecular flexibility index (Phi) is 4.01. The molecule has 112 valence electrons. The van der Waals surface area contributed by atoms with Gasteiger partial charge in [-0.05, 0) is 23.8 Å². The normalized spacial score (nSPS) is 11.3. The molecule has 3 nitrogen and oxygen atoms in total. The highest BCUT2D eigenvalue weighted by Crippen LogP contribution is 2.23. The minimum absolute atomic E-state index is 0.0521. The molecule has 22 heavy (non-hydrogen) atoms. The summed E-state index contributed by atoms with van der Waals surface area (Å²) in [5.41, 5.74) is 3.57. The zero-order chi connectivity index (χ0) is 15.7. The summed E-state index contributed by atoms with van der Waals surface area (Å²) < 4.78 is 0. The summed E-state index contributed by atoms with van der Waals surface area (Å²) in [6.45, 7) is 0.655. The van der Waals surface area contributed by atoms with Gasteiger partial charge >= 0.3 is 0 Å². The van der Waals surface area contributed by atoms with Crippen LogP contribution in [0.1, 0.15) is 5.56 Å². The van der Waals surface area contributed by atoms with Gasteiger partial charge in [-0.2, -0.15) is 0 Å². The minimum Gasteiger partial charge on any atom is -0.354 e. The molecule has 0 saturated heterocycles. The van der Waals surface area contributed by atoms with E-state index in [9.17, 15) is 4.79 Å². The molecule has 0 aliphatic heterocycles. The van der Waals surface area contributed by atoms with E-state index in [1.165, 1.54) is 4.90 Å². The maximum atomic E-state index is 12.9. The highest BCUT2D eigenvalue weighted by Gasteiger charge is 2.16. The Morgan fingerprint density at radius 1 is 1.09 bits per heavy atom. The van der Waals surface area contributed by atoms with Crippen molar-refractivity contribution in [3.05, 3.63) is 69.3 Å². The average molecular weight is 314 g/mol. The fourth-order valence-electron chi connectivity index (χ4n) is 2.67. The molecule has 0 aliphatic rings. The number of H-pyrrole nitrogens is 1. The van der Waals surface area contributed by atoms with E-state index < -0.39 is 0 Å². The maximum absolute atomic E-state index is 12.9. The molecule has 3 aromatic rings. The third kappa shape index (κ3) is 2.78. The van der Waals surface area contributed by atoms with Gasteiger partial charge in [-0.15, -0.1) is 0 Å². The Morgan fingerprint density at radius 2 is 1.82 bits per heavy atom. The lowest BCUT2D eigenvalue weighted by Crippen LogP contribution is -3.04. The Bertz CT molecular complexity index is 869. The number of hydrogen-bond donors (Lipinski definition) is 2. The number of halogens is 1. The first-order valence-electron chi connectivity index (χ1n) is 7.25. The SMILES string of the molecule is C[NH+](C)Cc1c(-c2ccccc2)[nH]c2ccc(Cl)cc2c1=O. The van der Waals surface area contributed by atoms with Gasteiger partial charge in [0.25, 0.3) is 0 Å². The van der Waals surface area contributed by atoms with Crippen LogP contribution < -0.4 is 10.3 Å². The largest absolute Gasteiger partial charge is 0.354 e. The summed E-state index contributed by atoms with van der Waals surface area (Å²) in [7, 11) is 4.08. The monoisotopic (exact) mass is 313 g/mol. The van der Waals surface area contributed by atoms with E-state index in [0.29, 0.717) is 17.0 Å². The summed E-state index contributed by atoms with van der Waals surface area (Å²) in [4.78, 5) is 17.5. The van der Waals surface area contributed by atoms with Crippen molar-refractivity contribution in [1.82, 2.24) is 4.98 Å². The van der Waals surface area contributed by atoms with Crippen LogP contribution in [0.5, 0.6) is 0 Å². The molecule has 0 amide bonds. The second kappa shape index (κ2) is 5.95. The summed E-state index contributed by atoms with van der Waals surface area (Å²) in [5.74, 6) is 0. The number of quaternary nitrogens is 1. The number of rotatable bonds is 3. The molecule has 0 bridgehead atoms. The summed E-state index contributed by atoms with van der Waals surface area (Å²) in [6.07, 6.45) is 0. The van der Waals surface area contributed by atoms with Gasteiger partial charge in [-0.25, -0.2) is 0 Å². The Hall–Kier alpha value is -2.10. The molecular weight excluding hydrogens is 296 g/mol. The second-order valence-electron chi connectivity index (χ2n) is 5.75. The van der Waals surface area contributed by atoms with Crippen LogP contribution in [0.25, 0.3) is 22.2 Å². The molecular formula is C18H18ClN2O+. The lowest BCUT2D eigenvalue weighted by atomic mass is 10.0. The standard InChI is InChI=1S/C18H17ClN2O/c1-21(2)11-15-17(12-6-4-3-5-7-12)20-16-9-8-13(19)10-14(16)18(15)22/h3-10H,11H2,1-2H3,(H,20,22)/p+1. The molecule has 0 radical (unpaired) electrons. The van der Waals surface area contributed by atoms with E-state index in [2.05, 4.69) is 4.98 Å². The molecule has 3 rings (SSSR count). The van der Waals surface area contributed by atoms with Crippen molar-refractivity contribution in [2.24, 2.45) is 0 Å². The average Bonchev–Trinajstić information content (AvgIpc) is 2.51. The third-order valence-corrected chi connectivity index (χ3v) is 3.89. The van der Waals surface area contributed by atoms with Crippen LogP contribution in [0.15, 0.2) is 53.3 Å². The van der Waals surface area contributed by atoms with Crippen molar-refractivity contribution in [1.29, 1.82) is 0 Å². The molecule has 2 aromatic carbocycles. The number of benzene rings is 2. The molecule has 0 spiro atoms. The van der Waals surface area contributed by atoms with Gasteiger partial charge in [-0.3, -0.25) is 4.79 Å². The van der Waals surface area contributed by atoms with Gasteiger partial charge < -0.3 is 9.88 Å². The molecule has 0 unspecified atom stereocenters. The van der Waals surface area contributed by atoms with E-state index in [1.54, 1.807) is 12.1 Å². The first kappa shape index (κ1) is 14.8. The van der Waals surface area contributed by atoms with Crippen molar-refractivity contribution < 1.29 is 4.90 Å². The highest BCUT2D eigenvalue weighted by atomic mass is 35.5. The van der Waals surface area contributed by atoms with Crippen LogP contribution in [0, 0.1) is 0 Å². The van der Waals surface area contributed by atoms with Crippen molar-refractivity contribution >= 4 is 22.5 Å². The fourth-order valence-corrected chi connectivity index (χ4v) is 2.85. The Morgan fingerprint density at radius 3 is 2.50 bits per heavy atom. The van der Waals surface area contributed by atoms with Gasteiger partial charge in [-0.1, -0.05) is 41.9 Å². The lowest BCUT2D eigenvalue weighted by molar-refractivity contribution is -0.872. The van der Waals surface area contributed by atoms with Crippen LogP contribution in [0.4, 0.5) is 0 Å². The fraction of sp³-hybridized carbons (Fsp3) is 0.167. The smallest absolute Gasteiger partial charge is 0.198 e. The van der Waals surface area contributed by atoms with E-state index in [0.717, 1.165) is 22.3 Å². The highest BCUT2D eigenvalue weighted by molar-refractivity contribution is 6.31. The predicted octanol–water partition coefficient (Wildman–Crippen LogP) is 2.49. The predicted molar refractivity (Wildman–Crippen MR) is 91.5 cm³/mol. The molecule has 2 N–H and O–H groups in total. The summed E-state index contributed by atoms with van der Waals surface area (Å²) >= 11 is 6.05. The molecule has 1 aromatic heterocycles. The molecule has 4 heteroatoms. The number of nitrogens with one attached hydrogen (secondary N) is 2. The third-order valence-electron chi connectivity index (χ3n) is 3.65. The molecule has 0 aliphatic carbocycles. The summed E-state index contributed by atoms with van der Waals surface area (Å²) in [6, 6.07) is 15.3. The van der Waals surface area contributed by atoms with Crippen molar-refractivity contribution in [2.45, 2.75) is 6.54 Å². The van der Waals surface area contributed by atoms with Crippen molar-refractivity contribution in [3.8, 4) is 11.3 Å². The van der Waals surface area contributed by atoms with Crippen LogP contribution in [0.3, 0.4) is 0 Å². The Balaban J connectivity index is 2.34. The minimum atomic E-state index is 0.0521. The quantitative estimate of drug-likeness (QED) is 0.766. The Labute approximate surface area is 134 Å². The number of fused-ring (bicyclic) bond motifs is 1. The zero-order valence-corrected chi connectivity index (χ0v) is 13.4. The topological polar surface area (TPSA) is 37.3 Å². The van der Waals surface area contributed by atoms with E-state index in [4.69, 9.17) is 11.6 Å². The number of pyridine rings is 1. The van der Waals surface area contributed by atoms with Crippen molar-refractivity contribution in [2.75, 3.05) is 14.1 Å². The number of aromatic amines is 1. The first-order valence-corrected chi connectivity index (χ1v) is 7.63.